The number of carboxylic acids is 1. The van der Waals surface area contributed by atoms with Crippen molar-refractivity contribution in [3.05, 3.63) is 0 Å². The first-order valence-corrected chi connectivity index (χ1v) is 6.52. The van der Waals surface area contributed by atoms with Gasteiger partial charge in [-0.25, -0.2) is 4.79 Å². The molecule has 0 fully saturated rings. The maximum Gasteiger partial charge on any atom is 0.323 e. The van der Waals surface area contributed by atoms with E-state index in [1.54, 1.807) is 23.7 Å². The van der Waals surface area contributed by atoms with Crippen molar-refractivity contribution in [2.24, 2.45) is 0 Å². The highest BCUT2D eigenvalue weighted by Crippen LogP contribution is 2.10. The number of urea groups is 1. The summed E-state index contributed by atoms with van der Waals surface area (Å²) in [6, 6.07) is -0.0953. The molecule has 0 aromatic carbocycles. The second-order valence-electron chi connectivity index (χ2n) is 3.66. The fourth-order valence-electron chi connectivity index (χ4n) is 1.39. The summed E-state index contributed by atoms with van der Waals surface area (Å²) < 4.78 is 0. The molecule has 0 aliphatic rings. The summed E-state index contributed by atoms with van der Waals surface area (Å²) >= 11 is 1.68. The Morgan fingerprint density at radius 2 is 1.94 bits per heavy atom. The summed E-state index contributed by atoms with van der Waals surface area (Å²) in [7, 11) is 3.21. The third kappa shape index (κ3) is 4.74. The fourth-order valence-corrected chi connectivity index (χ4v) is 2.24. The van der Waals surface area contributed by atoms with E-state index in [2.05, 4.69) is 0 Å². The first-order valence-electron chi connectivity index (χ1n) is 5.12. The van der Waals surface area contributed by atoms with E-state index in [0.29, 0.717) is 0 Å². The molecule has 0 aromatic heterocycles. The normalized spacial score (nSPS) is 12.0. The summed E-state index contributed by atoms with van der Waals surface area (Å²) in [4.78, 5) is 25.1. The number of amides is 2. The van der Waals surface area contributed by atoms with Crippen LogP contribution in [0.5, 0.6) is 0 Å². The van der Waals surface area contributed by atoms with Crippen LogP contribution >= 0.6 is 11.8 Å². The number of rotatable bonds is 6. The molecular weight excluding hydrogens is 228 g/mol. The van der Waals surface area contributed by atoms with Gasteiger partial charge in [0.25, 0.3) is 0 Å². The van der Waals surface area contributed by atoms with Crippen LogP contribution in [0.25, 0.3) is 0 Å². The number of hydrogen-bond donors (Lipinski definition) is 1. The van der Waals surface area contributed by atoms with Gasteiger partial charge in [-0.1, -0.05) is 6.92 Å². The Bertz CT molecular complexity index is 248. The average molecular weight is 248 g/mol. The number of likely N-dealkylation sites (N-methyl/N-ethyl adjacent to an activating group) is 1. The minimum atomic E-state index is -0.998. The van der Waals surface area contributed by atoms with Gasteiger partial charge in [-0.15, -0.1) is 0 Å². The van der Waals surface area contributed by atoms with E-state index >= 15 is 0 Å². The predicted molar refractivity (Wildman–Crippen MR) is 65.9 cm³/mol. The largest absolute Gasteiger partial charge is 0.480 e. The first-order chi connectivity index (χ1) is 7.43. The van der Waals surface area contributed by atoms with Crippen molar-refractivity contribution < 1.29 is 14.7 Å². The predicted octanol–water partition coefficient (Wildman–Crippen LogP) is 1.20. The van der Waals surface area contributed by atoms with E-state index in [1.807, 2.05) is 13.2 Å². The van der Waals surface area contributed by atoms with Crippen molar-refractivity contribution in [2.45, 2.75) is 19.4 Å². The molecule has 0 bridgehead atoms. The lowest BCUT2D eigenvalue weighted by Crippen LogP contribution is -2.46. The van der Waals surface area contributed by atoms with E-state index in [4.69, 9.17) is 5.11 Å². The third-order valence-electron chi connectivity index (χ3n) is 2.38. The summed E-state index contributed by atoms with van der Waals surface area (Å²) in [5.41, 5.74) is 0. The van der Waals surface area contributed by atoms with Crippen LogP contribution in [0.3, 0.4) is 0 Å². The SMILES string of the molecule is CCC(CSC)N(C)C(=O)N(C)CC(=O)O. The van der Waals surface area contributed by atoms with Gasteiger partial charge in [0.2, 0.25) is 0 Å². The lowest BCUT2D eigenvalue weighted by molar-refractivity contribution is -0.137. The molecule has 0 saturated heterocycles. The topological polar surface area (TPSA) is 60.9 Å². The summed E-state index contributed by atoms with van der Waals surface area (Å²) in [6.07, 6.45) is 2.85. The van der Waals surface area contributed by atoms with E-state index in [-0.39, 0.29) is 18.6 Å². The summed E-state index contributed by atoms with van der Waals surface area (Å²) in [6.45, 7) is 1.75. The molecular formula is C10H20N2O3S. The van der Waals surface area contributed by atoms with E-state index in [1.165, 1.54) is 11.9 Å². The van der Waals surface area contributed by atoms with Crippen LogP contribution in [0.4, 0.5) is 4.79 Å². The molecule has 0 heterocycles. The highest BCUT2D eigenvalue weighted by atomic mass is 32.2. The molecule has 1 unspecified atom stereocenters. The van der Waals surface area contributed by atoms with Crippen LogP contribution in [0.1, 0.15) is 13.3 Å². The van der Waals surface area contributed by atoms with Crippen molar-refractivity contribution >= 4 is 23.8 Å². The summed E-state index contributed by atoms with van der Waals surface area (Å²) in [5, 5.41) is 8.60. The monoisotopic (exact) mass is 248 g/mol. The minimum Gasteiger partial charge on any atom is -0.480 e. The molecule has 0 spiro atoms. The van der Waals surface area contributed by atoms with Gasteiger partial charge in [0, 0.05) is 25.9 Å². The van der Waals surface area contributed by atoms with Crippen LogP contribution in [0.2, 0.25) is 0 Å². The Morgan fingerprint density at radius 3 is 2.31 bits per heavy atom. The number of thioether (sulfide) groups is 1. The summed E-state index contributed by atoms with van der Waals surface area (Å²) in [5.74, 6) is -0.137. The third-order valence-corrected chi connectivity index (χ3v) is 3.10. The molecule has 0 saturated carbocycles. The Hall–Kier alpha value is -0.910. The van der Waals surface area contributed by atoms with Gasteiger partial charge < -0.3 is 14.9 Å². The average Bonchev–Trinajstić information content (AvgIpc) is 2.22. The van der Waals surface area contributed by atoms with Gasteiger partial charge in [-0.05, 0) is 12.7 Å². The zero-order valence-corrected chi connectivity index (χ0v) is 11.1. The van der Waals surface area contributed by atoms with E-state index in [0.717, 1.165) is 12.2 Å². The number of nitrogens with zero attached hydrogens (tertiary/aromatic N) is 2. The molecule has 0 aliphatic heterocycles. The van der Waals surface area contributed by atoms with E-state index < -0.39 is 5.97 Å². The molecule has 1 atom stereocenters. The zero-order chi connectivity index (χ0) is 12.7. The van der Waals surface area contributed by atoms with Crippen LogP contribution in [0.15, 0.2) is 0 Å². The molecule has 0 aromatic rings. The Balaban J connectivity index is 4.39. The van der Waals surface area contributed by atoms with Gasteiger partial charge in [0.05, 0.1) is 0 Å². The van der Waals surface area contributed by atoms with Crippen molar-refractivity contribution in [1.29, 1.82) is 0 Å². The van der Waals surface area contributed by atoms with Crippen molar-refractivity contribution in [1.82, 2.24) is 9.80 Å². The van der Waals surface area contributed by atoms with Gasteiger partial charge in [0.15, 0.2) is 0 Å². The molecule has 16 heavy (non-hydrogen) atoms. The van der Waals surface area contributed by atoms with Gasteiger partial charge in [-0.3, -0.25) is 4.79 Å². The Kier molecular flexibility index (Phi) is 6.96. The first kappa shape index (κ1) is 15.1. The second-order valence-corrected chi connectivity index (χ2v) is 4.57. The molecule has 1 N–H and O–H groups in total. The van der Waals surface area contributed by atoms with Gasteiger partial charge in [-0.2, -0.15) is 11.8 Å². The maximum absolute atomic E-state index is 11.8. The smallest absolute Gasteiger partial charge is 0.323 e. The molecule has 0 radical (unpaired) electrons. The standard InChI is InChI=1S/C10H20N2O3S/c1-5-8(7-16-4)12(3)10(15)11(2)6-9(13)14/h8H,5-7H2,1-4H3,(H,13,14). The van der Waals surface area contributed by atoms with Gasteiger partial charge in [0.1, 0.15) is 6.54 Å². The molecule has 5 nitrogen and oxygen atoms in total. The lowest BCUT2D eigenvalue weighted by atomic mass is 10.2. The Morgan fingerprint density at radius 1 is 1.38 bits per heavy atom. The number of carbonyl (C=O) groups excluding carboxylic acids is 1. The number of carboxylic acid groups (broad SMARTS) is 1. The number of hydrogen-bond acceptors (Lipinski definition) is 3. The van der Waals surface area contributed by atoms with Crippen molar-refractivity contribution in [3.63, 3.8) is 0 Å². The van der Waals surface area contributed by atoms with Crippen LogP contribution < -0.4 is 0 Å². The van der Waals surface area contributed by atoms with E-state index in [9.17, 15) is 9.59 Å². The van der Waals surface area contributed by atoms with Crippen LogP contribution in [0, 0.1) is 0 Å². The second kappa shape index (κ2) is 7.38. The van der Waals surface area contributed by atoms with Crippen LogP contribution in [-0.4, -0.2) is 65.6 Å². The fraction of sp³-hybridized carbons (Fsp3) is 0.800. The van der Waals surface area contributed by atoms with Crippen molar-refractivity contribution in [2.75, 3.05) is 32.6 Å². The van der Waals surface area contributed by atoms with Crippen molar-refractivity contribution in [3.8, 4) is 0 Å². The zero-order valence-electron chi connectivity index (χ0n) is 10.3. The lowest BCUT2D eigenvalue weighted by Gasteiger charge is -2.30. The van der Waals surface area contributed by atoms with Gasteiger partial charge >= 0.3 is 12.0 Å². The quantitative estimate of drug-likeness (QED) is 0.767. The Labute approximate surface area is 101 Å². The number of aliphatic carboxylic acids is 1. The molecule has 0 rings (SSSR count). The number of carbonyl (C=O) groups is 2. The highest BCUT2D eigenvalue weighted by Gasteiger charge is 2.22. The molecule has 6 heteroatoms. The van der Waals surface area contributed by atoms with Crippen LogP contribution in [-0.2, 0) is 4.79 Å². The molecule has 94 valence electrons. The highest BCUT2D eigenvalue weighted by molar-refractivity contribution is 7.98. The molecule has 2 amide bonds. The maximum atomic E-state index is 11.8. The molecule has 0 aliphatic carbocycles. The minimum absolute atomic E-state index is 0.152.